The molecule has 7 heteroatoms. The molecule has 0 aliphatic carbocycles. The van der Waals surface area contributed by atoms with Gasteiger partial charge in [0.1, 0.15) is 0 Å². The van der Waals surface area contributed by atoms with Crippen LogP contribution in [-0.2, 0) is 14.3 Å². The van der Waals surface area contributed by atoms with Crippen LogP contribution in [0.1, 0.15) is 19.4 Å². The molecule has 0 atom stereocenters. The fraction of sp³-hybridized carbons (Fsp3) is 0.304. The van der Waals surface area contributed by atoms with Crippen LogP contribution in [0.5, 0.6) is 11.5 Å². The minimum absolute atomic E-state index is 0.0225. The van der Waals surface area contributed by atoms with Crippen LogP contribution in [-0.4, -0.2) is 50.2 Å². The molecule has 2 aromatic carbocycles. The number of ether oxygens (including phenoxy) is 3. The molecule has 0 fully saturated rings. The Balaban J connectivity index is 2.01. The van der Waals surface area contributed by atoms with Crippen molar-refractivity contribution in [3.63, 3.8) is 0 Å². The monoisotopic (exact) mass is 427 g/mol. The molecule has 30 heavy (non-hydrogen) atoms. The Morgan fingerprint density at radius 2 is 1.63 bits per heavy atom. The molecule has 6 nitrogen and oxygen atoms in total. The number of nitrogens with zero attached hydrogens (tertiary/aromatic N) is 1. The summed E-state index contributed by atoms with van der Waals surface area (Å²) in [7, 11) is 3.08. The number of carbonyl (C=O) groups excluding carboxylic acids is 2. The van der Waals surface area contributed by atoms with Gasteiger partial charge in [0.05, 0.1) is 44.0 Å². The van der Waals surface area contributed by atoms with Crippen LogP contribution in [0.25, 0.3) is 5.57 Å². The largest absolute Gasteiger partial charge is 0.493 e. The van der Waals surface area contributed by atoms with Gasteiger partial charge in [-0.2, -0.15) is 0 Å². The molecular weight excluding hydrogens is 402 g/mol. The summed E-state index contributed by atoms with van der Waals surface area (Å²) in [5.41, 5.74) is 0.969. The Morgan fingerprint density at radius 1 is 0.933 bits per heavy atom. The number of methoxy groups -OCH3 is 2. The number of carbonyl (C=O) groups is 2. The van der Waals surface area contributed by atoms with Gasteiger partial charge in [-0.25, -0.2) is 0 Å². The van der Waals surface area contributed by atoms with Crippen LogP contribution in [0.4, 0.5) is 0 Å². The van der Waals surface area contributed by atoms with Gasteiger partial charge >= 0.3 is 0 Å². The fourth-order valence-corrected chi connectivity index (χ4v) is 4.12. The van der Waals surface area contributed by atoms with Crippen molar-refractivity contribution >= 4 is 29.1 Å². The van der Waals surface area contributed by atoms with Crippen molar-refractivity contribution in [3.8, 4) is 11.5 Å². The summed E-state index contributed by atoms with van der Waals surface area (Å²) in [5, 5.41) is 0. The molecule has 0 aromatic heterocycles. The third-order valence-electron chi connectivity index (χ3n) is 4.53. The first-order valence-corrected chi connectivity index (χ1v) is 10.4. The maximum Gasteiger partial charge on any atom is 0.268 e. The van der Waals surface area contributed by atoms with E-state index in [4.69, 9.17) is 14.2 Å². The van der Waals surface area contributed by atoms with Gasteiger partial charge in [0.25, 0.3) is 11.8 Å². The van der Waals surface area contributed by atoms with E-state index in [1.807, 2.05) is 44.2 Å². The summed E-state index contributed by atoms with van der Waals surface area (Å²) in [5.74, 6) is 0.399. The highest BCUT2D eigenvalue weighted by Gasteiger charge is 2.39. The number of imide groups is 1. The average Bonchev–Trinajstić information content (AvgIpc) is 2.98. The maximum atomic E-state index is 13.3. The highest BCUT2D eigenvalue weighted by atomic mass is 32.2. The molecule has 1 aliphatic heterocycles. The summed E-state index contributed by atoms with van der Waals surface area (Å²) in [4.78, 5) is 28.9. The summed E-state index contributed by atoms with van der Waals surface area (Å²) in [6.45, 7) is 4.32. The molecule has 0 unspecified atom stereocenters. The average molecular weight is 428 g/mol. The predicted molar refractivity (Wildman–Crippen MR) is 117 cm³/mol. The molecule has 2 amide bonds. The molecule has 0 bridgehead atoms. The number of amides is 2. The molecule has 1 heterocycles. The van der Waals surface area contributed by atoms with Crippen molar-refractivity contribution < 1.29 is 23.8 Å². The quantitative estimate of drug-likeness (QED) is 0.564. The third-order valence-corrected chi connectivity index (χ3v) is 5.62. The zero-order chi connectivity index (χ0) is 21.7. The first kappa shape index (κ1) is 21.9. The Labute approximate surface area is 180 Å². The van der Waals surface area contributed by atoms with Crippen LogP contribution in [0.2, 0.25) is 0 Å². The SMILES string of the molecule is COc1ccc(C2=C(Sc3ccccc3)C(=O)N(CCOC(C)C)C2=O)cc1OC. The van der Waals surface area contributed by atoms with E-state index in [-0.39, 0.29) is 31.1 Å². The van der Waals surface area contributed by atoms with Crippen molar-refractivity contribution in [3.05, 3.63) is 59.0 Å². The second-order valence-electron chi connectivity index (χ2n) is 6.87. The molecule has 0 radical (unpaired) electrons. The van der Waals surface area contributed by atoms with Gasteiger partial charge in [0.15, 0.2) is 11.5 Å². The van der Waals surface area contributed by atoms with Gasteiger partial charge in [-0.15, -0.1) is 0 Å². The second-order valence-corrected chi connectivity index (χ2v) is 7.95. The van der Waals surface area contributed by atoms with Gasteiger partial charge in [-0.1, -0.05) is 36.0 Å². The van der Waals surface area contributed by atoms with Gasteiger partial charge in [0, 0.05) is 4.90 Å². The van der Waals surface area contributed by atoms with E-state index < -0.39 is 0 Å². The molecular formula is C23H25NO5S. The number of rotatable bonds is 9. The molecule has 0 spiro atoms. The van der Waals surface area contributed by atoms with Gasteiger partial charge in [-0.05, 0) is 43.7 Å². The molecule has 0 saturated carbocycles. The zero-order valence-electron chi connectivity index (χ0n) is 17.5. The zero-order valence-corrected chi connectivity index (χ0v) is 18.3. The highest BCUT2D eigenvalue weighted by molar-refractivity contribution is 8.04. The van der Waals surface area contributed by atoms with E-state index in [1.165, 1.54) is 23.8 Å². The van der Waals surface area contributed by atoms with Crippen molar-refractivity contribution in [2.75, 3.05) is 27.4 Å². The molecule has 1 aliphatic rings. The number of hydrogen-bond donors (Lipinski definition) is 0. The highest BCUT2D eigenvalue weighted by Crippen LogP contribution is 2.41. The first-order chi connectivity index (χ1) is 14.5. The van der Waals surface area contributed by atoms with Gasteiger partial charge in [0.2, 0.25) is 0 Å². The lowest BCUT2D eigenvalue weighted by Gasteiger charge is -2.16. The van der Waals surface area contributed by atoms with Gasteiger partial charge < -0.3 is 14.2 Å². The molecule has 3 rings (SSSR count). The summed E-state index contributed by atoms with van der Waals surface area (Å²) in [6, 6.07) is 14.7. The van der Waals surface area contributed by atoms with Crippen LogP contribution >= 0.6 is 11.8 Å². The van der Waals surface area contributed by atoms with Crippen molar-refractivity contribution in [2.45, 2.75) is 24.8 Å². The van der Waals surface area contributed by atoms with Crippen LogP contribution in [0.3, 0.4) is 0 Å². The van der Waals surface area contributed by atoms with E-state index in [1.54, 1.807) is 25.3 Å². The fourth-order valence-electron chi connectivity index (χ4n) is 3.08. The van der Waals surface area contributed by atoms with Crippen LogP contribution in [0, 0.1) is 0 Å². The lowest BCUT2D eigenvalue weighted by molar-refractivity contribution is -0.137. The molecule has 158 valence electrons. The maximum absolute atomic E-state index is 13.3. The predicted octanol–water partition coefficient (Wildman–Crippen LogP) is 4.00. The Hall–Kier alpha value is -2.77. The standard InChI is InChI=1S/C23H25NO5S/c1-15(2)29-13-12-24-22(25)20(16-10-11-18(27-3)19(14-16)28-4)21(23(24)26)30-17-8-6-5-7-9-17/h5-11,14-15H,12-13H2,1-4H3. The Morgan fingerprint density at radius 3 is 2.27 bits per heavy atom. The van der Waals surface area contributed by atoms with Gasteiger partial charge in [-0.3, -0.25) is 14.5 Å². The lowest BCUT2D eigenvalue weighted by atomic mass is 10.1. The Kier molecular flexibility index (Phi) is 7.18. The second kappa shape index (κ2) is 9.82. The Bertz CT molecular complexity index is 955. The van der Waals surface area contributed by atoms with Crippen molar-refractivity contribution in [1.29, 1.82) is 0 Å². The smallest absolute Gasteiger partial charge is 0.268 e. The van der Waals surface area contributed by atoms with Crippen molar-refractivity contribution in [1.82, 2.24) is 4.90 Å². The van der Waals surface area contributed by atoms with E-state index in [2.05, 4.69) is 0 Å². The molecule has 0 N–H and O–H groups in total. The minimum Gasteiger partial charge on any atom is -0.493 e. The summed E-state index contributed by atoms with van der Waals surface area (Å²) < 4.78 is 16.2. The first-order valence-electron chi connectivity index (χ1n) is 9.63. The van der Waals surface area contributed by atoms with E-state index in [9.17, 15) is 9.59 Å². The van der Waals surface area contributed by atoms with Crippen LogP contribution in [0.15, 0.2) is 58.3 Å². The number of thioether (sulfide) groups is 1. The number of hydrogen-bond acceptors (Lipinski definition) is 6. The molecule has 0 saturated heterocycles. The molecule has 2 aromatic rings. The topological polar surface area (TPSA) is 65.1 Å². The minimum atomic E-state index is -0.335. The van der Waals surface area contributed by atoms with Crippen molar-refractivity contribution in [2.24, 2.45) is 0 Å². The number of benzene rings is 2. The summed E-state index contributed by atoms with van der Waals surface area (Å²) >= 11 is 1.29. The van der Waals surface area contributed by atoms with E-state index in [0.29, 0.717) is 27.5 Å². The third kappa shape index (κ3) is 4.68. The van der Waals surface area contributed by atoms with E-state index in [0.717, 1.165) is 4.90 Å². The van der Waals surface area contributed by atoms with E-state index >= 15 is 0 Å². The lowest BCUT2D eigenvalue weighted by Crippen LogP contribution is -2.35. The normalized spacial score (nSPS) is 14.1. The summed E-state index contributed by atoms with van der Waals surface area (Å²) in [6.07, 6.45) is 0.0225. The van der Waals surface area contributed by atoms with Crippen LogP contribution < -0.4 is 9.47 Å².